The average Bonchev–Trinajstić information content (AvgIpc) is 3.20. The first-order chi connectivity index (χ1) is 13.8. The van der Waals surface area contributed by atoms with Crippen molar-refractivity contribution in [2.75, 3.05) is 19.3 Å². The summed E-state index contributed by atoms with van der Waals surface area (Å²) in [6.45, 7) is 1.06. The molecule has 1 aromatic heterocycles. The molecule has 1 aromatic rings. The molecular weight excluding hydrogens is 392 g/mol. The van der Waals surface area contributed by atoms with Gasteiger partial charge >= 0.3 is 0 Å². The Balaban J connectivity index is 1.60. The van der Waals surface area contributed by atoms with Crippen LogP contribution < -0.4 is 5.56 Å². The van der Waals surface area contributed by atoms with Gasteiger partial charge < -0.3 is 9.88 Å². The minimum Gasteiger partial charge on any atom is -0.332 e. The number of likely N-dealkylation sites (tertiary alicyclic amines) is 1. The number of allylic oxidation sites excluding steroid dienone is 2. The minimum atomic E-state index is -3.35. The van der Waals surface area contributed by atoms with Crippen molar-refractivity contribution in [2.24, 2.45) is 5.92 Å². The van der Waals surface area contributed by atoms with Gasteiger partial charge in [0, 0.05) is 25.1 Å². The lowest BCUT2D eigenvalue weighted by Gasteiger charge is -2.36. The largest absolute Gasteiger partial charge is 0.332 e. The zero-order valence-electron chi connectivity index (χ0n) is 16.8. The molecule has 0 radical (unpaired) electrons. The summed E-state index contributed by atoms with van der Waals surface area (Å²) >= 11 is 0. The summed E-state index contributed by atoms with van der Waals surface area (Å²) in [6, 6.07) is -0.256. The highest BCUT2D eigenvalue weighted by atomic mass is 32.2. The second kappa shape index (κ2) is 8.02. The van der Waals surface area contributed by atoms with Crippen molar-refractivity contribution in [3.63, 3.8) is 0 Å². The van der Waals surface area contributed by atoms with Crippen LogP contribution in [0.1, 0.15) is 61.6 Å². The SMILES string of the molecule is CS(=O)(=O)N1CCc2c(nc([C@@H]3CCCCN3C(=O)C[C@H]3C=CCC3)[nH]c2=O)C1. The average molecular weight is 421 g/mol. The number of piperidine rings is 1. The number of rotatable bonds is 4. The third kappa shape index (κ3) is 4.30. The fourth-order valence-corrected chi connectivity index (χ4v) is 5.38. The zero-order valence-corrected chi connectivity index (χ0v) is 17.6. The van der Waals surface area contributed by atoms with E-state index >= 15 is 0 Å². The van der Waals surface area contributed by atoms with Crippen LogP contribution in [-0.4, -0.2) is 52.8 Å². The molecular formula is C20H28N4O4S. The van der Waals surface area contributed by atoms with Gasteiger partial charge in [-0.3, -0.25) is 9.59 Å². The Morgan fingerprint density at radius 1 is 1.28 bits per heavy atom. The summed E-state index contributed by atoms with van der Waals surface area (Å²) in [5.74, 6) is 0.882. The molecule has 2 atom stereocenters. The number of nitrogens with zero attached hydrogens (tertiary/aromatic N) is 3. The van der Waals surface area contributed by atoms with Gasteiger partial charge in [-0.05, 0) is 44.4 Å². The van der Waals surface area contributed by atoms with Crippen LogP contribution in [-0.2, 0) is 27.8 Å². The van der Waals surface area contributed by atoms with Crippen LogP contribution in [0.4, 0.5) is 0 Å². The Hall–Kier alpha value is -2.00. The zero-order chi connectivity index (χ0) is 20.6. The molecule has 9 heteroatoms. The molecule has 3 aliphatic rings. The van der Waals surface area contributed by atoms with Crippen molar-refractivity contribution in [3.05, 3.63) is 39.6 Å². The molecule has 0 bridgehead atoms. The first kappa shape index (κ1) is 20.3. The maximum absolute atomic E-state index is 13.0. The van der Waals surface area contributed by atoms with Crippen molar-refractivity contribution in [1.82, 2.24) is 19.2 Å². The Morgan fingerprint density at radius 2 is 2.10 bits per heavy atom. The van der Waals surface area contributed by atoms with E-state index in [4.69, 9.17) is 0 Å². The molecule has 29 heavy (non-hydrogen) atoms. The molecule has 1 saturated heterocycles. The molecule has 0 unspecified atom stereocenters. The summed E-state index contributed by atoms with van der Waals surface area (Å²) in [5.41, 5.74) is 0.852. The highest BCUT2D eigenvalue weighted by Crippen LogP contribution is 2.31. The number of H-pyrrole nitrogens is 1. The van der Waals surface area contributed by atoms with Gasteiger partial charge in [-0.2, -0.15) is 4.31 Å². The van der Waals surface area contributed by atoms with Crippen molar-refractivity contribution in [2.45, 2.75) is 57.5 Å². The second-order valence-electron chi connectivity index (χ2n) is 8.29. The standard InChI is InChI=1S/C20H28N4O4S/c1-29(27,28)23-11-9-15-16(13-23)21-19(22-20(15)26)17-8-4-5-10-24(17)18(25)12-14-6-2-3-7-14/h2,6,14,17H,3-5,7-13H2,1H3,(H,21,22,26)/t14-,17-/m0/s1. The number of hydrogen-bond donors (Lipinski definition) is 1. The molecule has 4 rings (SSSR count). The summed E-state index contributed by atoms with van der Waals surface area (Å²) in [7, 11) is -3.35. The van der Waals surface area contributed by atoms with Crippen LogP contribution >= 0.6 is 0 Å². The van der Waals surface area contributed by atoms with Crippen molar-refractivity contribution in [1.29, 1.82) is 0 Å². The van der Waals surface area contributed by atoms with Gasteiger partial charge in [0.15, 0.2) is 0 Å². The number of aromatic amines is 1. The molecule has 158 valence electrons. The van der Waals surface area contributed by atoms with E-state index in [1.54, 1.807) is 0 Å². The topological polar surface area (TPSA) is 103 Å². The summed E-state index contributed by atoms with van der Waals surface area (Å²) in [6.07, 6.45) is 11.0. The minimum absolute atomic E-state index is 0.101. The molecule has 8 nitrogen and oxygen atoms in total. The van der Waals surface area contributed by atoms with Gasteiger partial charge in [-0.25, -0.2) is 13.4 Å². The van der Waals surface area contributed by atoms with Gasteiger partial charge in [0.2, 0.25) is 15.9 Å². The van der Waals surface area contributed by atoms with Crippen molar-refractivity contribution < 1.29 is 13.2 Å². The Morgan fingerprint density at radius 3 is 2.83 bits per heavy atom. The number of carbonyl (C=O) groups excluding carboxylic acids is 1. The highest BCUT2D eigenvalue weighted by molar-refractivity contribution is 7.88. The molecule has 0 spiro atoms. The number of carbonyl (C=O) groups is 1. The fourth-order valence-electron chi connectivity index (χ4n) is 4.60. The lowest BCUT2D eigenvalue weighted by molar-refractivity contribution is -0.136. The smallest absolute Gasteiger partial charge is 0.254 e. The molecule has 1 N–H and O–H groups in total. The molecule has 1 aliphatic carbocycles. The molecule has 2 aliphatic heterocycles. The first-order valence-electron chi connectivity index (χ1n) is 10.4. The van der Waals surface area contributed by atoms with E-state index in [0.29, 0.717) is 48.9 Å². The lowest BCUT2D eigenvalue weighted by Crippen LogP contribution is -2.42. The number of aromatic nitrogens is 2. The third-order valence-corrected chi connectivity index (χ3v) is 7.46. The molecule has 1 amide bonds. The van der Waals surface area contributed by atoms with Crippen molar-refractivity contribution in [3.8, 4) is 0 Å². The van der Waals surface area contributed by atoms with Crippen LogP contribution in [0.3, 0.4) is 0 Å². The van der Waals surface area contributed by atoms with Crippen LogP contribution in [0.2, 0.25) is 0 Å². The first-order valence-corrected chi connectivity index (χ1v) is 12.2. The Bertz CT molecular complexity index is 985. The predicted molar refractivity (Wildman–Crippen MR) is 109 cm³/mol. The van der Waals surface area contributed by atoms with E-state index in [2.05, 4.69) is 22.1 Å². The number of nitrogens with one attached hydrogen (secondary N) is 1. The quantitative estimate of drug-likeness (QED) is 0.744. The van der Waals surface area contributed by atoms with Crippen molar-refractivity contribution >= 4 is 15.9 Å². The van der Waals surface area contributed by atoms with Gasteiger partial charge in [0.1, 0.15) is 5.82 Å². The molecule has 0 aromatic carbocycles. The monoisotopic (exact) mass is 420 g/mol. The molecule has 0 saturated carbocycles. The normalized spacial score (nSPS) is 25.2. The van der Waals surface area contributed by atoms with Crippen LogP contribution in [0.5, 0.6) is 0 Å². The Labute approximate surface area is 171 Å². The number of sulfonamides is 1. The van der Waals surface area contributed by atoms with Crippen LogP contribution in [0, 0.1) is 5.92 Å². The third-order valence-electron chi connectivity index (χ3n) is 6.21. The summed E-state index contributed by atoms with van der Waals surface area (Å²) < 4.78 is 25.2. The maximum atomic E-state index is 13.0. The fraction of sp³-hybridized carbons (Fsp3) is 0.650. The van der Waals surface area contributed by atoms with E-state index in [9.17, 15) is 18.0 Å². The molecule has 3 heterocycles. The van der Waals surface area contributed by atoms with Gasteiger partial charge in [-0.15, -0.1) is 0 Å². The van der Waals surface area contributed by atoms with E-state index in [0.717, 1.165) is 32.1 Å². The van der Waals surface area contributed by atoms with E-state index < -0.39 is 10.0 Å². The van der Waals surface area contributed by atoms with Gasteiger partial charge in [0.25, 0.3) is 5.56 Å². The lowest BCUT2D eigenvalue weighted by atomic mass is 9.98. The van der Waals surface area contributed by atoms with E-state index in [1.165, 1.54) is 10.6 Å². The number of fused-ring (bicyclic) bond motifs is 1. The summed E-state index contributed by atoms with van der Waals surface area (Å²) in [5, 5.41) is 0. The van der Waals surface area contributed by atoms with Crippen LogP contribution in [0.25, 0.3) is 0 Å². The van der Waals surface area contributed by atoms with Gasteiger partial charge in [0.05, 0.1) is 24.5 Å². The molecule has 1 fully saturated rings. The van der Waals surface area contributed by atoms with Gasteiger partial charge in [-0.1, -0.05) is 12.2 Å². The summed E-state index contributed by atoms with van der Waals surface area (Å²) in [4.78, 5) is 35.1. The predicted octanol–water partition coefficient (Wildman–Crippen LogP) is 1.50. The van der Waals surface area contributed by atoms with E-state index in [-0.39, 0.29) is 24.1 Å². The van der Waals surface area contributed by atoms with Crippen LogP contribution in [0.15, 0.2) is 16.9 Å². The maximum Gasteiger partial charge on any atom is 0.254 e. The highest BCUT2D eigenvalue weighted by Gasteiger charge is 2.33. The Kier molecular flexibility index (Phi) is 5.61. The second-order valence-corrected chi connectivity index (χ2v) is 10.3. The number of hydrogen-bond acceptors (Lipinski definition) is 5. The number of amides is 1. The van der Waals surface area contributed by atoms with E-state index in [1.807, 2.05) is 4.90 Å².